The van der Waals surface area contributed by atoms with Crippen molar-refractivity contribution >= 4 is 5.91 Å². The fourth-order valence-corrected chi connectivity index (χ4v) is 0.904. The Labute approximate surface area is 77.1 Å². The van der Waals surface area contributed by atoms with Crippen LogP contribution < -0.4 is 11.1 Å². The fourth-order valence-electron chi connectivity index (χ4n) is 0.904. The molecule has 0 aliphatic carbocycles. The molecular weight excluding hydrogens is 168 g/mol. The van der Waals surface area contributed by atoms with Gasteiger partial charge in [-0.2, -0.15) is 0 Å². The summed E-state index contributed by atoms with van der Waals surface area (Å²) in [5, 5.41) is 2.70. The molecule has 0 aliphatic heterocycles. The average molecular weight is 182 g/mol. The zero-order valence-electron chi connectivity index (χ0n) is 7.83. The zero-order chi connectivity index (χ0) is 9.84. The van der Waals surface area contributed by atoms with Crippen molar-refractivity contribution in [3.63, 3.8) is 0 Å². The number of aryl methyl sites for hydroxylation is 1. The highest BCUT2D eigenvalue weighted by Crippen LogP contribution is 2.05. The Bertz CT molecular complexity index is 294. The summed E-state index contributed by atoms with van der Waals surface area (Å²) >= 11 is 0. The molecule has 1 heterocycles. The molecule has 0 bridgehead atoms. The van der Waals surface area contributed by atoms with Crippen molar-refractivity contribution in [1.82, 2.24) is 5.32 Å². The molecule has 1 unspecified atom stereocenters. The molecule has 0 fully saturated rings. The Kier molecular flexibility index (Phi) is 3.08. The Morgan fingerprint density at radius 2 is 2.46 bits per heavy atom. The van der Waals surface area contributed by atoms with E-state index in [4.69, 9.17) is 10.2 Å². The minimum absolute atomic E-state index is 0.0297. The van der Waals surface area contributed by atoms with Gasteiger partial charge < -0.3 is 15.5 Å². The predicted octanol–water partition coefficient (Wildman–Crippen LogP) is 0.665. The fraction of sp³-hybridized carbons (Fsp3) is 0.444. The molecule has 1 rings (SSSR count). The lowest BCUT2D eigenvalue weighted by molar-refractivity contribution is 0.0913. The average Bonchev–Trinajstić information content (AvgIpc) is 2.51. The van der Waals surface area contributed by atoms with Crippen LogP contribution in [0.25, 0.3) is 0 Å². The Morgan fingerprint density at radius 1 is 1.77 bits per heavy atom. The van der Waals surface area contributed by atoms with Gasteiger partial charge in [-0.25, -0.2) is 0 Å². The van der Waals surface area contributed by atoms with E-state index >= 15 is 0 Å². The Balaban J connectivity index is 2.58. The molecule has 1 aromatic heterocycles. The molecule has 0 spiro atoms. The predicted molar refractivity (Wildman–Crippen MR) is 49.4 cm³/mol. The molecule has 4 heteroatoms. The third-order valence-corrected chi connectivity index (χ3v) is 1.69. The summed E-state index contributed by atoms with van der Waals surface area (Å²) in [4.78, 5) is 11.4. The number of rotatable bonds is 3. The SMILES string of the molecule is Cc1coc(C(=O)NC(C)CN)c1. The van der Waals surface area contributed by atoms with Gasteiger partial charge in [0.1, 0.15) is 0 Å². The van der Waals surface area contributed by atoms with Crippen LogP contribution >= 0.6 is 0 Å². The van der Waals surface area contributed by atoms with E-state index in [0.29, 0.717) is 12.3 Å². The standard InChI is InChI=1S/C9H14N2O2/c1-6-3-8(13-5-6)9(12)11-7(2)4-10/h3,5,7H,4,10H2,1-2H3,(H,11,12). The number of amides is 1. The smallest absolute Gasteiger partial charge is 0.287 e. The summed E-state index contributed by atoms with van der Waals surface area (Å²) in [5.41, 5.74) is 6.29. The van der Waals surface area contributed by atoms with E-state index in [1.807, 2.05) is 13.8 Å². The second-order valence-electron chi connectivity index (χ2n) is 3.10. The summed E-state index contributed by atoms with van der Waals surface area (Å²) in [5.74, 6) is 0.115. The zero-order valence-corrected chi connectivity index (χ0v) is 7.83. The number of nitrogens with two attached hydrogens (primary N) is 1. The van der Waals surface area contributed by atoms with Gasteiger partial charge in [0, 0.05) is 12.6 Å². The van der Waals surface area contributed by atoms with E-state index in [-0.39, 0.29) is 11.9 Å². The van der Waals surface area contributed by atoms with Crippen LogP contribution in [-0.4, -0.2) is 18.5 Å². The Hall–Kier alpha value is -1.29. The maximum Gasteiger partial charge on any atom is 0.287 e. The second kappa shape index (κ2) is 4.09. The van der Waals surface area contributed by atoms with Crippen molar-refractivity contribution < 1.29 is 9.21 Å². The molecule has 1 atom stereocenters. The second-order valence-corrected chi connectivity index (χ2v) is 3.10. The molecule has 0 saturated heterocycles. The van der Waals surface area contributed by atoms with Crippen LogP contribution in [0.1, 0.15) is 23.0 Å². The van der Waals surface area contributed by atoms with Gasteiger partial charge in [0.25, 0.3) is 5.91 Å². The van der Waals surface area contributed by atoms with Crippen LogP contribution in [-0.2, 0) is 0 Å². The number of hydrogen-bond donors (Lipinski definition) is 2. The maximum atomic E-state index is 11.4. The normalized spacial score (nSPS) is 12.5. The Morgan fingerprint density at radius 3 is 2.92 bits per heavy atom. The van der Waals surface area contributed by atoms with E-state index in [1.165, 1.54) is 0 Å². The van der Waals surface area contributed by atoms with Crippen LogP contribution in [0.15, 0.2) is 16.7 Å². The molecule has 0 aromatic carbocycles. The van der Waals surface area contributed by atoms with Gasteiger partial charge in [-0.3, -0.25) is 4.79 Å². The number of carbonyl (C=O) groups is 1. The van der Waals surface area contributed by atoms with Gasteiger partial charge in [0.05, 0.1) is 6.26 Å². The number of nitrogens with one attached hydrogen (secondary N) is 1. The molecule has 13 heavy (non-hydrogen) atoms. The third kappa shape index (κ3) is 2.59. The lowest BCUT2D eigenvalue weighted by Crippen LogP contribution is -2.37. The first-order valence-electron chi connectivity index (χ1n) is 4.19. The monoisotopic (exact) mass is 182 g/mol. The van der Waals surface area contributed by atoms with Crippen molar-refractivity contribution in [3.05, 3.63) is 23.7 Å². The first-order chi connectivity index (χ1) is 6.13. The molecule has 1 aromatic rings. The molecule has 0 aliphatic rings. The topological polar surface area (TPSA) is 68.3 Å². The lowest BCUT2D eigenvalue weighted by atomic mass is 10.3. The van der Waals surface area contributed by atoms with Crippen LogP contribution in [0.5, 0.6) is 0 Å². The van der Waals surface area contributed by atoms with Gasteiger partial charge in [-0.15, -0.1) is 0 Å². The number of furan rings is 1. The molecule has 1 amide bonds. The third-order valence-electron chi connectivity index (χ3n) is 1.69. The summed E-state index contributed by atoms with van der Waals surface area (Å²) in [6, 6.07) is 1.66. The highest BCUT2D eigenvalue weighted by molar-refractivity contribution is 5.91. The van der Waals surface area contributed by atoms with Crippen molar-refractivity contribution in [2.75, 3.05) is 6.54 Å². The minimum Gasteiger partial charge on any atom is -0.459 e. The molecule has 72 valence electrons. The highest BCUT2D eigenvalue weighted by Gasteiger charge is 2.11. The van der Waals surface area contributed by atoms with Gasteiger partial charge in [0.15, 0.2) is 5.76 Å². The van der Waals surface area contributed by atoms with E-state index < -0.39 is 0 Å². The first-order valence-corrected chi connectivity index (χ1v) is 4.19. The summed E-state index contributed by atoms with van der Waals surface area (Å²) < 4.78 is 5.02. The van der Waals surface area contributed by atoms with Gasteiger partial charge >= 0.3 is 0 Å². The molecular formula is C9H14N2O2. The van der Waals surface area contributed by atoms with Crippen LogP contribution in [0.3, 0.4) is 0 Å². The minimum atomic E-state index is -0.217. The van der Waals surface area contributed by atoms with Crippen molar-refractivity contribution in [2.45, 2.75) is 19.9 Å². The van der Waals surface area contributed by atoms with Gasteiger partial charge in [-0.1, -0.05) is 0 Å². The van der Waals surface area contributed by atoms with Crippen molar-refractivity contribution in [1.29, 1.82) is 0 Å². The molecule has 0 saturated carbocycles. The van der Waals surface area contributed by atoms with Gasteiger partial charge in [-0.05, 0) is 25.5 Å². The van der Waals surface area contributed by atoms with E-state index in [2.05, 4.69) is 5.32 Å². The largest absolute Gasteiger partial charge is 0.459 e. The van der Waals surface area contributed by atoms with Crippen molar-refractivity contribution in [3.8, 4) is 0 Å². The van der Waals surface area contributed by atoms with Gasteiger partial charge in [0.2, 0.25) is 0 Å². The number of carbonyl (C=O) groups excluding carboxylic acids is 1. The summed E-state index contributed by atoms with van der Waals surface area (Å²) in [7, 11) is 0. The molecule has 4 nitrogen and oxygen atoms in total. The first kappa shape index (κ1) is 9.80. The van der Waals surface area contributed by atoms with Crippen LogP contribution in [0.4, 0.5) is 0 Å². The van der Waals surface area contributed by atoms with Crippen LogP contribution in [0.2, 0.25) is 0 Å². The van der Waals surface area contributed by atoms with E-state index in [0.717, 1.165) is 5.56 Å². The maximum absolute atomic E-state index is 11.4. The highest BCUT2D eigenvalue weighted by atomic mass is 16.3. The van der Waals surface area contributed by atoms with E-state index in [1.54, 1.807) is 12.3 Å². The quantitative estimate of drug-likeness (QED) is 0.721. The van der Waals surface area contributed by atoms with Crippen LogP contribution in [0, 0.1) is 6.92 Å². The summed E-state index contributed by atoms with van der Waals surface area (Å²) in [6.07, 6.45) is 1.54. The lowest BCUT2D eigenvalue weighted by Gasteiger charge is -2.08. The summed E-state index contributed by atoms with van der Waals surface area (Å²) in [6.45, 7) is 4.13. The number of hydrogen-bond acceptors (Lipinski definition) is 3. The molecule has 3 N–H and O–H groups in total. The van der Waals surface area contributed by atoms with E-state index in [9.17, 15) is 4.79 Å². The van der Waals surface area contributed by atoms with Crippen molar-refractivity contribution in [2.24, 2.45) is 5.73 Å². The molecule has 0 radical (unpaired) electrons.